The van der Waals surface area contributed by atoms with Gasteiger partial charge in [-0.05, 0) is 31.4 Å². The van der Waals surface area contributed by atoms with E-state index in [4.69, 9.17) is 4.74 Å². The lowest BCUT2D eigenvalue weighted by Gasteiger charge is -2.47. The van der Waals surface area contributed by atoms with Crippen LogP contribution >= 0.6 is 0 Å². The van der Waals surface area contributed by atoms with E-state index in [1.54, 1.807) is 6.92 Å². The molecule has 3 rings (SSSR count). The van der Waals surface area contributed by atoms with Gasteiger partial charge in [-0.25, -0.2) is 8.78 Å². The standard InChI is InChI=1S/C19H26F2N2O4/c1-13(24)22-7-4-14(5-8-22)23-9-6-18(25)19(26,11-23)12-27-15-2-3-16(20)17(21)10-15/h2-3,10,14,18,25-26H,4-9,11-12H2,1H3/t18-,19-/m0/s1. The Morgan fingerprint density at radius 3 is 2.56 bits per heavy atom. The lowest BCUT2D eigenvalue weighted by atomic mass is 9.88. The van der Waals surface area contributed by atoms with Gasteiger partial charge in [0, 0.05) is 45.2 Å². The van der Waals surface area contributed by atoms with Crippen molar-refractivity contribution in [1.82, 2.24) is 9.80 Å². The zero-order valence-electron chi connectivity index (χ0n) is 15.4. The first-order valence-corrected chi connectivity index (χ1v) is 9.26. The van der Waals surface area contributed by atoms with Crippen LogP contribution in [0.2, 0.25) is 0 Å². The zero-order valence-corrected chi connectivity index (χ0v) is 15.4. The Hall–Kier alpha value is -1.77. The molecule has 150 valence electrons. The van der Waals surface area contributed by atoms with Crippen LogP contribution in [0.5, 0.6) is 5.75 Å². The second-order valence-corrected chi connectivity index (χ2v) is 7.48. The average Bonchev–Trinajstić information content (AvgIpc) is 2.65. The fourth-order valence-corrected chi connectivity index (χ4v) is 3.87. The lowest BCUT2D eigenvalue weighted by Crippen LogP contribution is -2.62. The van der Waals surface area contributed by atoms with Crippen LogP contribution in [0.15, 0.2) is 18.2 Å². The highest BCUT2D eigenvalue weighted by Gasteiger charge is 2.44. The SMILES string of the molecule is CC(=O)N1CCC(N2CC[C@H](O)[C@@](O)(COc3ccc(F)c(F)c3)C2)CC1. The van der Waals surface area contributed by atoms with Crippen molar-refractivity contribution < 1.29 is 28.5 Å². The molecule has 0 saturated carbocycles. The number of benzene rings is 1. The largest absolute Gasteiger partial charge is 0.490 e. The van der Waals surface area contributed by atoms with E-state index < -0.39 is 23.3 Å². The normalized spacial score (nSPS) is 27.6. The highest BCUT2D eigenvalue weighted by molar-refractivity contribution is 5.73. The second-order valence-electron chi connectivity index (χ2n) is 7.48. The van der Waals surface area contributed by atoms with Gasteiger partial charge in [0.2, 0.25) is 5.91 Å². The van der Waals surface area contributed by atoms with E-state index >= 15 is 0 Å². The third kappa shape index (κ3) is 4.56. The molecule has 0 spiro atoms. The van der Waals surface area contributed by atoms with Crippen LogP contribution in [-0.2, 0) is 4.79 Å². The summed E-state index contributed by atoms with van der Waals surface area (Å²) < 4.78 is 31.8. The molecule has 2 saturated heterocycles. The van der Waals surface area contributed by atoms with Crippen LogP contribution < -0.4 is 4.74 Å². The molecule has 2 aliphatic heterocycles. The minimum Gasteiger partial charge on any atom is -0.490 e. The van der Waals surface area contributed by atoms with Crippen molar-refractivity contribution in [1.29, 1.82) is 0 Å². The Kier molecular flexibility index (Phi) is 5.98. The molecule has 1 aromatic carbocycles. The van der Waals surface area contributed by atoms with Crippen LogP contribution in [0.4, 0.5) is 8.78 Å². The summed E-state index contributed by atoms with van der Waals surface area (Å²) in [5, 5.41) is 21.2. The van der Waals surface area contributed by atoms with Crippen molar-refractivity contribution in [3.8, 4) is 5.75 Å². The van der Waals surface area contributed by atoms with Gasteiger partial charge in [-0.3, -0.25) is 9.69 Å². The molecule has 27 heavy (non-hydrogen) atoms. The van der Waals surface area contributed by atoms with E-state index in [1.165, 1.54) is 6.07 Å². The predicted octanol–water partition coefficient (Wildman–Crippen LogP) is 1.15. The molecular formula is C19H26F2N2O4. The van der Waals surface area contributed by atoms with Crippen molar-refractivity contribution in [3.05, 3.63) is 29.8 Å². The summed E-state index contributed by atoms with van der Waals surface area (Å²) in [6.07, 6.45) is 1.06. The minimum absolute atomic E-state index is 0.0685. The molecule has 0 aromatic heterocycles. The summed E-state index contributed by atoms with van der Waals surface area (Å²) in [4.78, 5) is 15.4. The highest BCUT2D eigenvalue weighted by Crippen LogP contribution is 2.28. The van der Waals surface area contributed by atoms with Crippen LogP contribution in [0.3, 0.4) is 0 Å². The molecule has 6 nitrogen and oxygen atoms in total. The van der Waals surface area contributed by atoms with E-state index in [-0.39, 0.29) is 30.9 Å². The Bertz CT molecular complexity index is 682. The summed E-state index contributed by atoms with van der Waals surface area (Å²) in [5.74, 6) is -1.83. The number of aliphatic hydroxyl groups excluding tert-OH is 1. The molecule has 1 amide bonds. The molecule has 2 aliphatic rings. The number of ether oxygens (including phenoxy) is 1. The summed E-state index contributed by atoms with van der Waals surface area (Å²) in [7, 11) is 0. The van der Waals surface area contributed by atoms with Gasteiger partial charge in [0.15, 0.2) is 11.6 Å². The van der Waals surface area contributed by atoms with E-state index in [0.29, 0.717) is 26.1 Å². The van der Waals surface area contributed by atoms with E-state index in [0.717, 1.165) is 25.0 Å². The monoisotopic (exact) mass is 384 g/mol. The Morgan fingerprint density at radius 2 is 1.93 bits per heavy atom. The molecule has 2 N–H and O–H groups in total. The molecule has 2 heterocycles. The van der Waals surface area contributed by atoms with Crippen molar-refractivity contribution >= 4 is 5.91 Å². The minimum atomic E-state index is -1.50. The topological polar surface area (TPSA) is 73.2 Å². The van der Waals surface area contributed by atoms with Crippen molar-refractivity contribution in [3.63, 3.8) is 0 Å². The number of piperidine rings is 2. The first kappa shape index (κ1) is 20.0. The molecule has 2 fully saturated rings. The summed E-state index contributed by atoms with van der Waals surface area (Å²) in [6.45, 7) is 3.58. The van der Waals surface area contributed by atoms with Gasteiger partial charge in [0.05, 0.1) is 6.10 Å². The fourth-order valence-electron chi connectivity index (χ4n) is 3.87. The third-order valence-corrected chi connectivity index (χ3v) is 5.59. The number of amides is 1. The van der Waals surface area contributed by atoms with Crippen molar-refractivity contribution in [2.24, 2.45) is 0 Å². The third-order valence-electron chi connectivity index (χ3n) is 5.59. The maximum Gasteiger partial charge on any atom is 0.219 e. The number of hydrogen-bond donors (Lipinski definition) is 2. The maximum atomic E-state index is 13.3. The molecular weight excluding hydrogens is 358 g/mol. The zero-order chi connectivity index (χ0) is 19.6. The van der Waals surface area contributed by atoms with Gasteiger partial charge in [-0.15, -0.1) is 0 Å². The number of nitrogens with zero attached hydrogens (tertiary/aromatic N) is 2. The fraction of sp³-hybridized carbons (Fsp3) is 0.632. The Labute approximate surface area is 157 Å². The summed E-state index contributed by atoms with van der Waals surface area (Å²) >= 11 is 0. The van der Waals surface area contributed by atoms with Gasteiger partial charge >= 0.3 is 0 Å². The van der Waals surface area contributed by atoms with E-state index in [1.807, 2.05) is 4.90 Å². The highest BCUT2D eigenvalue weighted by atomic mass is 19.2. The summed E-state index contributed by atoms with van der Waals surface area (Å²) in [5.41, 5.74) is -1.50. The average molecular weight is 384 g/mol. The Balaban J connectivity index is 1.60. The molecule has 2 atom stereocenters. The van der Waals surface area contributed by atoms with Gasteiger partial charge in [0.25, 0.3) is 0 Å². The molecule has 0 aliphatic carbocycles. The van der Waals surface area contributed by atoms with Crippen LogP contribution in [0, 0.1) is 11.6 Å². The number of aliphatic hydroxyl groups is 2. The van der Waals surface area contributed by atoms with Gasteiger partial charge in [-0.1, -0.05) is 0 Å². The Morgan fingerprint density at radius 1 is 1.22 bits per heavy atom. The molecule has 1 aromatic rings. The first-order chi connectivity index (χ1) is 12.8. The summed E-state index contributed by atoms with van der Waals surface area (Å²) in [6, 6.07) is 3.39. The van der Waals surface area contributed by atoms with Gasteiger partial charge < -0.3 is 19.8 Å². The molecule has 0 unspecified atom stereocenters. The van der Waals surface area contributed by atoms with E-state index in [2.05, 4.69) is 4.90 Å². The predicted molar refractivity (Wildman–Crippen MR) is 94.3 cm³/mol. The number of rotatable bonds is 4. The number of hydrogen-bond acceptors (Lipinski definition) is 5. The first-order valence-electron chi connectivity index (χ1n) is 9.26. The van der Waals surface area contributed by atoms with Gasteiger partial charge in [-0.2, -0.15) is 0 Å². The van der Waals surface area contributed by atoms with Crippen LogP contribution in [-0.4, -0.2) is 76.5 Å². The van der Waals surface area contributed by atoms with Crippen LogP contribution in [0.1, 0.15) is 26.2 Å². The number of carbonyl (C=O) groups is 1. The van der Waals surface area contributed by atoms with Crippen molar-refractivity contribution in [2.45, 2.75) is 43.9 Å². The van der Waals surface area contributed by atoms with Crippen LogP contribution in [0.25, 0.3) is 0 Å². The van der Waals surface area contributed by atoms with Crippen molar-refractivity contribution in [2.75, 3.05) is 32.8 Å². The second kappa shape index (κ2) is 8.08. The van der Waals surface area contributed by atoms with E-state index in [9.17, 15) is 23.8 Å². The quantitative estimate of drug-likeness (QED) is 0.815. The smallest absolute Gasteiger partial charge is 0.219 e. The molecule has 0 bridgehead atoms. The number of halogens is 2. The maximum absolute atomic E-state index is 13.3. The number of likely N-dealkylation sites (tertiary alicyclic amines) is 2. The van der Waals surface area contributed by atoms with Gasteiger partial charge in [0.1, 0.15) is 18.0 Å². The molecule has 0 radical (unpaired) electrons. The lowest BCUT2D eigenvalue weighted by molar-refractivity contribution is -0.149. The molecule has 8 heteroatoms. The number of β-amino-alcohol motifs (C(OH)–C–C–N with tert-alkyl or cyclic N) is 1. The number of carbonyl (C=O) groups excluding carboxylic acids is 1.